The van der Waals surface area contributed by atoms with E-state index in [4.69, 9.17) is 5.11 Å². The smallest absolute Gasteiger partial charge is 0.225 e. The molecule has 2 atom stereocenters. The molecule has 3 rings (SSSR count). The van der Waals surface area contributed by atoms with Crippen LogP contribution in [-0.2, 0) is 0 Å². The molecule has 1 aromatic carbocycles. The van der Waals surface area contributed by atoms with Crippen LogP contribution in [0.25, 0.3) is 11.0 Å². The van der Waals surface area contributed by atoms with E-state index in [1.165, 1.54) is 0 Å². The molecule has 3 aromatic rings. The van der Waals surface area contributed by atoms with Crippen LogP contribution in [0.3, 0.4) is 0 Å². The van der Waals surface area contributed by atoms with Gasteiger partial charge in [-0.1, -0.05) is 44.2 Å². The number of nitrogens with zero attached hydrogens (tertiary/aromatic N) is 3. The van der Waals surface area contributed by atoms with Crippen LogP contribution < -0.4 is 10.6 Å². The zero-order valence-corrected chi connectivity index (χ0v) is 15.9. The highest BCUT2D eigenvalue weighted by atomic mass is 16.3. The lowest BCUT2D eigenvalue weighted by Gasteiger charge is -2.18. The van der Waals surface area contributed by atoms with Gasteiger partial charge < -0.3 is 26.0 Å². The lowest BCUT2D eigenvalue weighted by molar-refractivity contribution is 0.105. The van der Waals surface area contributed by atoms with Crippen molar-refractivity contribution in [2.45, 2.75) is 31.9 Å². The minimum absolute atomic E-state index is 0.110. The number of benzene rings is 1. The molecule has 0 saturated carbocycles. The Kier molecular flexibility index (Phi) is 6.40. The molecule has 0 bridgehead atoms. The van der Waals surface area contributed by atoms with Gasteiger partial charge >= 0.3 is 0 Å². The Hall–Kier alpha value is -2.75. The second kappa shape index (κ2) is 8.96. The van der Waals surface area contributed by atoms with Crippen LogP contribution in [0.2, 0.25) is 0 Å². The van der Waals surface area contributed by atoms with Crippen molar-refractivity contribution in [1.29, 1.82) is 0 Å². The lowest BCUT2D eigenvalue weighted by atomic mass is 10.1. The Bertz CT molecular complexity index is 899. The number of nitrogens with one attached hydrogen (secondary N) is 3. The van der Waals surface area contributed by atoms with Gasteiger partial charge in [-0.3, -0.25) is 5.10 Å². The second-order valence-corrected chi connectivity index (χ2v) is 6.89. The Balaban J connectivity index is 1.99. The molecule has 2 aromatic heterocycles. The number of H-pyrrole nitrogens is 1. The van der Waals surface area contributed by atoms with Gasteiger partial charge in [0.05, 0.1) is 31.1 Å². The third-order valence-electron chi connectivity index (χ3n) is 4.41. The molecule has 0 radical (unpaired) electrons. The van der Waals surface area contributed by atoms with Gasteiger partial charge in [0.1, 0.15) is 5.52 Å². The van der Waals surface area contributed by atoms with Gasteiger partial charge in [0, 0.05) is 6.54 Å². The van der Waals surface area contributed by atoms with Gasteiger partial charge in [0.25, 0.3) is 0 Å². The number of aromatic amines is 1. The highest BCUT2D eigenvalue weighted by molar-refractivity contribution is 5.88. The Morgan fingerprint density at radius 2 is 1.79 bits per heavy atom. The molecule has 28 heavy (non-hydrogen) atoms. The van der Waals surface area contributed by atoms with Crippen molar-refractivity contribution >= 4 is 22.8 Å². The number of hydrogen-bond donors (Lipinski definition) is 6. The molecule has 0 amide bonds. The standard InChI is InChI=1S/C19H26N6O3/c1-11(2)15-16-17(25-24-15)18(23-19(22-16)20-8-13(28)9-26)21-14(10-27)12-6-4-3-5-7-12/h3-7,11,13-14,26-28H,8-10H2,1-2H3,(H,24,25)(H2,20,21,22,23). The predicted molar refractivity (Wildman–Crippen MR) is 107 cm³/mol. The van der Waals surface area contributed by atoms with E-state index in [2.05, 4.69) is 30.8 Å². The monoisotopic (exact) mass is 386 g/mol. The molecule has 9 nitrogen and oxygen atoms in total. The van der Waals surface area contributed by atoms with E-state index in [9.17, 15) is 10.2 Å². The van der Waals surface area contributed by atoms with Crippen molar-refractivity contribution in [1.82, 2.24) is 20.2 Å². The van der Waals surface area contributed by atoms with Crippen molar-refractivity contribution in [2.24, 2.45) is 0 Å². The summed E-state index contributed by atoms with van der Waals surface area (Å²) in [5.74, 6) is 0.944. The van der Waals surface area contributed by atoms with Gasteiger partial charge in [-0.25, -0.2) is 4.98 Å². The molecule has 0 fully saturated rings. The number of aliphatic hydroxyl groups is 3. The quantitative estimate of drug-likeness (QED) is 0.324. The number of aliphatic hydroxyl groups excluding tert-OH is 3. The van der Waals surface area contributed by atoms with Crippen LogP contribution in [0.15, 0.2) is 30.3 Å². The fourth-order valence-electron chi connectivity index (χ4n) is 2.86. The Morgan fingerprint density at radius 1 is 1.04 bits per heavy atom. The van der Waals surface area contributed by atoms with E-state index in [0.717, 1.165) is 11.3 Å². The van der Waals surface area contributed by atoms with Crippen LogP contribution in [-0.4, -0.2) is 61.3 Å². The number of anilines is 2. The van der Waals surface area contributed by atoms with Crippen LogP contribution in [0.1, 0.15) is 37.1 Å². The molecule has 6 N–H and O–H groups in total. The van der Waals surface area contributed by atoms with Crippen molar-refractivity contribution in [3.05, 3.63) is 41.6 Å². The van der Waals surface area contributed by atoms with Crippen LogP contribution in [0.5, 0.6) is 0 Å². The maximum atomic E-state index is 9.87. The summed E-state index contributed by atoms with van der Waals surface area (Å²) >= 11 is 0. The van der Waals surface area contributed by atoms with E-state index < -0.39 is 6.10 Å². The third-order valence-corrected chi connectivity index (χ3v) is 4.41. The fourth-order valence-corrected chi connectivity index (χ4v) is 2.86. The maximum absolute atomic E-state index is 9.87. The first-order valence-corrected chi connectivity index (χ1v) is 9.24. The van der Waals surface area contributed by atoms with E-state index >= 15 is 0 Å². The van der Waals surface area contributed by atoms with Gasteiger partial charge in [-0.05, 0) is 11.5 Å². The lowest BCUT2D eigenvalue weighted by Crippen LogP contribution is -2.24. The first-order chi connectivity index (χ1) is 13.5. The van der Waals surface area contributed by atoms with Gasteiger partial charge in [-0.2, -0.15) is 10.1 Å². The minimum Gasteiger partial charge on any atom is -0.394 e. The predicted octanol–water partition coefficient (Wildman–Crippen LogP) is 1.39. The molecule has 9 heteroatoms. The van der Waals surface area contributed by atoms with Crippen molar-refractivity contribution in [3.8, 4) is 0 Å². The zero-order chi connectivity index (χ0) is 20.1. The second-order valence-electron chi connectivity index (χ2n) is 6.89. The van der Waals surface area contributed by atoms with E-state index in [0.29, 0.717) is 22.8 Å². The molecule has 2 heterocycles. The Labute approximate surface area is 162 Å². The average molecular weight is 386 g/mol. The van der Waals surface area contributed by atoms with Crippen molar-refractivity contribution < 1.29 is 15.3 Å². The first-order valence-electron chi connectivity index (χ1n) is 9.24. The van der Waals surface area contributed by atoms with E-state index in [1.54, 1.807) is 0 Å². The highest BCUT2D eigenvalue weighted by Crippen LogP contribution is 2.29. The van der Waals surface area contributed by atoms with E-state index in [-0.39, 0.29) is 31.7 Å². The van der Waals surface area contributed by atoms with E-state index in [1.807, 2.05) is 44.2 Å². The fraction of sp³-hybridized carbons (Fsp3) is 0.421. The number of aromatic nitrogens is 4. The molecule has 0 aliphatic heterocycles. The molecule has 0 saturated heterocycles. The highest BCUT2D eigenvalue weighted by Gasteiger charge is 2.20. The summed E-state index contributed by atoms with van der Waals surface area (Å²) in [6.07, 6.45) is -0.917. The number of hydrogen-bond acceptors (Lipinski definition) is 8. The molecule has 2 unspecified atom stereocenters. The number of rotatable bonds is 9. The molecular formula is C19H26N6O3. The molecule has 0 aliphatic carbocycles. The van der Waals surface area contributed by atoms with Crippen LogP contribution in [0, 0.1) is 0 Å². The summed E-state index contributed by atoms with van der Waals surface area (Å²) in [5, 5.41) is 42.1. The van der Waals surface area contributed by atoms with Gasteiger partial charge in [-0.15, -0.1) is 0 Å². The SMILES string of the molecule is CC(C)c1[nH]nc2c(NC(CO)c3ccccc3)nc(NCC(O)CO)nc12. The van der Waals surface area contributed by atoms with Crippen LogP contribution in [0.4, 0.5) is 11.8 Å². The largest absolute Gasteiger partial charge is 0.394 e. The zero-order valence-electron chi connectivity index (χ0n) is 15.9. The summed E-state index contributed by atoms with van der Waals surface area (Å²) in [4.78, 5) is 8.99. The Morgan fingerprint density at radius 3 is 2.43 bits per heavy atom. The van der Waals surface area contributed by atoms with Crippen molar-refractivity contribution in [3.63, 3.8) is 0 Å². The first kappa shape index (κ1) is 20.0. The van der Waals surface area contributed by atoms with Crippen LogP contribution >= 0.6 is 0 Å². The van der Waals surface area contributed by atoms with Crippen molar-refractivity contribution in [2.75, 3.05) is 30.4 Å². The molecule has 150 valence electrons. The van der Waals surface area contributed by atoms with Gasteiger partial charge in [0.15, 0.2) is 11.3 Å². The number of fused-ring (bicyclic) bond motifs is 1. The normalized spacial score (nSPS) is 13.6. The minimum atomic E-state index is -0.917. The molecule has 0 aliphatic rings. The topological polar surface area (TPSA) is 139 Å². The summed E-state index contributed by atoms with van der Waals surface area (Å²) in [6, 6.07) is 9.21. The third kappa shape index (κ3) is 4.38. The molecular weight excluding hydrogens is 360 g/mol. The summed E-state index contributed by atoms with van der Waals surface area (Å²) in [6.45, 7) is 3.70. The summed E-state index contributed by atoms with van der Waals surface area (Å²) in [5.41, 5.74) is 3.03. The molecule has 0 spiro atoms. The summed E-state index contributed by atoms with van der Waals surface area (Å²) < 4.78 is 0. The van der Waals surface area contributed by atoms with Gasteiger partial charge in [0.2, 0.25) is 5.95 Å². The maximum Gasteiger partial charge on any atom is 0.225 e. The summed E-state index contributed by atoms with van der Waals surface area (Å²) in [7, 11) is 0. The average Bonchev–Trinajstić information content (AvgIpc) is 3.15.